The number of para-hydroxylation sites is 1. The Morgan fingerprint density at radius 2 is 1.81 bits per heavy atom. The van der Waals surface area contributed by atoms with E-state index in [4.69, 9.17) is 0 Å². The first-order valence-electron chi connectivity index (χ1n) is 6.58. The number of amides is 1. The first-order chi connectivity index (χ1) is 10.1. The minimum atomic E-state index is -0.910. The molecule has 1 amide bonds. The van der Waals surface area contributed by atoms with Crippen molar-refractivity contribution in [3.8, 4) is 0 Å². The van der Waals surface area contributed by atoms with E-state index in [1.54, 1.807) is 11.9 Å². The van der Waals surface area contributed by atoms with Gasteiger partial charge in [0.25, 0.3) is 0 Å². The minimum absolute atomic E-state index is 0.0590. The Morgan fingerprint density at radius 1 is 1.10 bits per heavy atom. The molecule has 0 fully saturated rings. The van der Waals surface area contributed by atoms with Crippen LogP contribution in [0.4, 0.5) is 20.2 Å². The summed E-state index contributed by atoms with van der Waals surface area (Å²) >= 11 is 0. The smallest absolute Gasteiger partial charge is 0.228 e. The van der Waals surface area contributed by atoms with E-state index < -0.39 is 11.6 Å². The third kappa shape index (κ3) is 4.02. The number of hydrogen-bond acceptors (Lipinski definition) is 2. The third-order valence-corrected chi connectivity index (χ3v) is 3.11. The summed E-state index contributed by atoms with van der Waals surface area (Å²) in [5.74, 6) is -1.86. The molecule has 0 radical (unpaired) electrons. The summed E-state index contributed by atoms with van der Waals surface area (Å²) in [6.07, 6.45) is 0.254. The lowest BCUT2D eigenvalue weighted by molar-refractivity contribution is -0.118. The number of rotatable bonds is 5. The van der Waals surface area contributed by atoms with Gasteiger partial charge in [-0.05, 0) is 30.3 Å². The number of carbonyl (C=O) groups excluding carboxylic acids is 1. The first-order valence-corrected chi connectivity index (χ1v) is 6.58. The van der Waals surface area contributed by atoms with Crippen LogP contribution in [0.3, 0.4) is 0 Å². The molecule has 0 aliphatic heterocycles. The van der Waals surface area contributed by atoms with Crippen LogP contribution in [0, 0.1) is 11.6 Å². The number of hydrogen-bond donors (Lipinski definition) is 1. The summed E-state index contributed by atoms with van der Waals surface area (Å²) in [6, 6.07) is 12.9. The van der Waals surface area contributed by atoms with Crippen LogP contribution >= 0.6 is 0 Å². The number of benzene rings is 2. The largest absolute Gasteiger partial charge is 0.384 e. The van der Waals surface area contributed by atoms with Gasteiger partial charge in [-0.2, -0.15) is 0 Å². The van der Waals surface area contributed by atoms with Crippen LogP contribution in [0.5, 0.6) is 0 Å². The number of nitrogens with zero attached hydrogens (tertiary/aromatic N) is 1. The normalized spacial score (nSPS) is 10.2. The van der Waals surface area contributed by atoms with E-state index in [1.165, 1.54) is 6.07 Å². The summed E-state index contributed by atoms with van der Waals surface area (Å²) in [5.41, 5.74) is 1.26. The highest BCUT2D eigenvalue weighted by Crippen LogP contribution is 2.14. The molecule has 0 bridgehead atoms. The maximum absolute atomic E-state index is 13.0. The summed E-state index contributed by atoms with van der Waals surface area (Å²) in [5, 5.41) is 2.90. The van der Waals surface area contributed by atoms with Gasteiger partial charge >= 0.3 is 0 Å². The Morgan fingerprint density at radius 3 is 2.48 bits per heavy atom. The van der Waals surface area contributed by atoms with Crippen molar-refractivity contribution in [2.24, 2.45) is 0 Å². The Hall–Kier alpha value is -2.43. The van der Waals surface area contributed by atoms with Gasteiger partial charge in [0.15, 0.2) is 11.6 Å². The van der Waals surface area contributed by atoms with E-state index in [9.17, 15) is 13.6 Å². The predicted molar refractivity (Wildman–Crippen MR) is 79.3 cm³/mol. The monoisotopic (exact) mass is 290 g/mol. The molecule has 0 unspecified atom stereocenters. The Balaban J connectivity index is 1.85. The topological polar surface area (TPSA) is 32.3 Å². The molecular formula is C16H16F2N2O. The van der Waals surface area contributed by atoms with Crippen molar-refractivity contribution in [2.45, 2.75) is 6.42 Å². The van der Waals surface area contributed by atoms with E-state index >= 15 is 0 Å². The van der Waals surface area contributed by atoms with Gasteiger partial charge in [0, 0.05) is 31.4 Å². The van der Waals surface area contributed by atoms with Crippen LogP contribution in [-0.2, 0) is 4.79 Å². The minimum Gasteiger partial charge on any atom is -0.384 e. The number of anilines is 2. The van der Waals surface area contributed by atoms with Crippen molar-refractivity contribution < 1.29 is 13.6 Å². The van der Waals surface area contributed by atoms with Gasteiger partial charge in [-0.3, -0.25) is 4.79 Å². The molecule has 2 rings (SSSR count). The highest BCUT2D eigenvalue weighted by molar-refractivity contribution is 5.92. The molecule has 110 valence electrons. The van der Waals surface area contributed by atoms with Crippen LogP contribution in [0.2, 0.25) is 0 Å². The molecular weight excluding hydrogens is 274 g/mol. The molecule has 3 nitrogen and oxygen atoms in total. The van der Waals surface area contributed by atoms with E-state index in [2.05, 4.69) is 5.32 Å². The molecule has 2 aromatic carbocycles. The molecule has 0 heterocycles. The van der Waals surface area contributed by atoms with Crippen LogP contribution < -0.4 is 10.2 Å². The first kappa shape index (κ1) is 15.0. The van der Waals surface area contributed by atoms with Crippen LogP contribution in [0.1, 0.15) is 6.42 Å². The van der Waals surface area contributed by atoms with Gasteiger partial charge in [0.05, 0.1) is 0 Å². The fraction of sp³-hybridized carbons (Fsp3) is 0.188. The average molecular weight is 290 g/mol. The Kier molecular flexibility index (Phi) is 4.87. The fourth-order valence-electron chi connectivity index (χ4n) is 1.88. The number of carbonyl (C=O) groups is 1. The molecule has 0 saturated heterocycles. The summed E-state index contributed by atoms with van der Waals surface area (Å²) in [6.45, 7) is 0.348. The summed E-state index contributed by atoms with van der Waals surface area (Å²) < 4.78 is 25.8. The highest BCUT2D eigenvalue weighted by atomic mass is 19.2. The van der Waals surface area contributed by atoms with Crippen molar-refractivity contribution in [3.63, 3.8) is 0 Å². The second-order valence-corrected chi connectivity index (χ2v) is 4.59. The van der Waals surface area contributed by atoms with Crippen LogP contribution in [0.25, 0.3) is 0 Å². The second kappa shape index (κ2) is 6.83. The highest BCUT2D eigenvalue weighted by Gasteiger charge is 2.10. The molecule has 0 aliphatic carbocycles. The zero-order valence-electron chi connectivity index (χ0n) is 11.6. The summed E-state index contributed by atoms with van der Waals surface area (Å²) in [7, 11) is 1.70. The maximum atomic E-state index is 13.0. The van der Waals surface area contributed by atoms with E-state index in [0.717, 1.165) is 17.8 Å². The molecule has 0 aromatic heterocycles. The molecule has 1 N–H and O–H groups in total. The third-order valence-electron chi connectivity index (χ3n) is 3.11. The standard InChI is InChI=1S/C16H16F2N2O/c1-20(13-5-3-2-4-6-13)16(21)9-10-19-12-7-8-14(17)15(18)11-12/h2-8,11,19H,9-10H2,1H3. The van der Waals surface area contributed by atoms with Crippen LogP contribution in [-0.4, -0.2) is 19.5 Å². The molecule has 0 saturated carbocycles. The van der Waals surface area contributed by atoms with Gasteiger partial charge in [-0.1, -0.05) is 18.2 Å². The Labute approximate surface area is 122 Å². The zero-order chi connectivity index (χ0) is 15.2. The maximum Gasteiger partial charge on any atom is 0.228 e. The van der Waals surface area contributed by atoms with Gasteiger partial charge in [-0.15, -0.1) is 0 Å². The Bertz CT molecular complexity index is 617. The molecule has 21 heavy (non-hydrogen) atoms. The zero-order valence-corrected chi connectivity index (χ0v) is 11.6. The van der Waals surface area contributed by atoms with E-state index in [-0.39, 0.29) is 12.3 Å². The van der Waals surface area contributed by atoms with Crippen molar-refractivity contribution in [3.05, 3.63) is 60.2 Å². The lowest BCUT2D eigenvalue weighted by Gasteiger charge is -2.17. The summed E-state index contributed by atoms with van der Waals surface area (Å²) in [4.78, 5) is 13.6. The van der Waals surface area contributed by atoms with Crippen molar-refractivity contribution in [1.82, 2.24) is 0 Å². The second-order valence-electron chi connectivity index (χ2n) is 4.59. The molecule has 2 aromatic rings. The van der Waals surface area contributed by atoms with Gasteiger partial charge < -0.3 is 10.2 Å². The van der Waals surface area contributed by atoms with Crippen molar-refractivity contribution >= 4 is 17.3 Å². The average Bonchev–Trinajstić information content (AvgIpc) is 2.51. The van der Waals surface area contributed by atoms with Gasteiger partial charge in [0.2, 0.25) is 5.91 Å². The number of halogens is 2. The molecule has 0 aliphatic rings. The van der Waals surface area contributed by atoms with Gasteiger partial charge in [0.1, 0.15) is 0 Å². The van der Waals surface area contributed by atoms with Crippen molar-refractivity contribution in [2.75, 3.05) is 23.8 Å². The lowest BCUT2D eigenvalue weighted by Crippen LogP contribution is -2.27. The van der Waals surface area contributed by atoms with Gasteiger partial charge in [-0.25, -0.2) is 8.78 Å². The predicted octanol–water partition coefficient (Wildman–Crippen LogP) is 3.43. The number of nitrogens with one attached hydrogen (secondary N) is 1. The van der Waals surface area contributed by atoms with E-state index in [0.29, 0.717) is 12.2 Å². The van der Waals surface area contributed by atoms with Crippen LogP contribution in [0.15, 0.2) is 48.5 Å². The fourth-order valence-corrected chi connectivity index (χ4v) is 1.88. The SMILES string of the molecule is CN(C(=O)CCNc1ccc(F)c(F)c1)c1ccccc1. The quantitative estimate of drug-likeness (QED) is 0.915. The molecule has 0 atom stereocenters. The lowest BCUT2D eigenvalue weighted by atomic mass is 10.2. The molecule has 0 spiro atoms. The van der Waals surface area contributed by atoms with Crippen molar-refractivity contribution in [1.29, 1.82) is 0 Å². The van der Waals surface area contributed by atoms with E-state index in [1.807, 2.05) is 30.3 Å². The molecule has 5 heteroatoms.